The van der Waals surface area contributed by atoms with Crippen molar-refractivity contribution in [2.45, 2.75) is 3.12 Å². The number of halogens is 3. The van der Waals surface area contributed by atoms with Crippen LogP contribution in [-0.4, -0.2) is 11.5 Å². The fraction of sp³-hybridized carbons (Fsp3) is 0.0909. The van der Waals surface area contributed by atoms with Crippen LogP contribution >= 0.6 is 34.8 Å². The highest BCUT2D eigenvalue weighted by atomic mass is 35.6. The first-order chi connectivity index (χ1) is 8.31. The average molecular weight is 325 g/mol. The molecule has 2 aromatic rings. The van der Waals surface area contributed by atoms with Gasteiger partial charge < -0.3 is 0 Å². The van der Waals surface area contributed by atoms with E-state index in [0.717, 1.165) is 10.8 Å². The average Bonchev–Trinajstić information content (AvgIpc) is 2.27. The van der Waals surface area contributed by atoms with Crippen molar-refractivity contribution < 1.29 is 8.42 Å². The summed E-state index contributed by atoms with van der Waals surface area (Å²) in [6, 6.07) is 12.5. The Hall–Kier alpha value is -0.680. The molecule has 2 aromatic carbocycles. The number of nitrogens with one attached hydrogen (secondary N) is 1. The molecule has 0 fully saturated rings. The summed E-state index contributed by atoms with van der Waals surface area (Å²) >= 11 is 16.2. The van der Waals surface area contributed by atoms with E-state index in [2.05, 4.69) is 4.72 Å². The standard InChI is InChI=1S/C11H8Cl3NO2S/c12-11(13,14)18(16,17)15-10-7-3-5-8-4-1-2-6-9(8)10/h1-7,15H. The number of rotatable bonds is 2. The molecule has 1 N–H and O–H groups in total. The molecule has 0 aliphatic heterocycles. The Morgan fingerprint density at radius 2 is 1.56 bits per heavy atom. The fourth-order valence-electron chi connectivity index (χ4n) is 1.52. The highest BCUT2D eigenvalue weighted by Crippen LogP contribution is 2.35. The summed E-state index contributed by atoms with van der Waals surface area (Å²) in [5.74, 6) is 0. The third-order valence-corrected chi connectivity index (χ3v) is 5.26. The lowest BCUT2D eigenvalue weighted by atomic mass is 10.1. The smallest absolute Gasteiger partial charge is 0.279 e. The van der Waals surface area contributed by atoms with Gasteiger partial charge in [0.2, 0.25) is 0 Å². The highest BCUT2D eigenvalue weighted by Gasteiger charge is 2.38. The van der Waals surface area contributed by atoms with Crippen molar-refractivity contribution in [3.05, 3.63) is 42.5 Å². The van der Waals surface area contributed by atoms with E-state index in [1.54, 1.807) is 24.3 Å². The SMILES string of the molecule is O=S(=O)(Nc1cccc2ccccc12)C(Cl)(Cl)Cl. The molecular weight excluding hydrogens is 317 g/mol. The molecule has 0 saturated heterocycles. The van der Waals surface area contributed by atoms with E-state index < -0.39 is 13.1 Å². The zero-order valence-corrected chi connectivity index (χ0v) is 12.0. The maximum Gasteiger partial charge on any atom is 0.311 e. The molecule has 7 heteroatoms. The van der Waals surface area contributed by atoms with Gasteiger partial charge in [0.15, 0.2) is 0 Å². The van der Waals surface area contributed by atoms with Gasteiger partial charge in [0.05, 0.1) is 5.69 Å². The molecule has 0 aromatic heterocycles. The van der Waals surface area contributed by atoms with Crippen LogP contribution in [0.5, 0.6) is 0 Å². The minimum atomic E-state index is -4.10. The molecule has 0 aliphatic carbocycles. The van der Waals surface area contributed by atoms with Crippen LogP contribution in [-0.2, 0) is 10.0 Å². The van der Waals surface area contributed by atoms with Crippen molar-refractivity contribution in [1.82, 2.24) is 0 Å². The van der Waals surface area contributed by atoms with Gasteiger partial charge in [0.25, 0.3) is 10.0 Å². The Bertz CT molecular complexity index is 675. The second kappa shape index (κ2) is 4.78. The molecule has 3 nitrogen and oxygen atoms in total. The lowest BCUT2D eigenvalue weighted by molar-refractivity contribution is 0.601. The van der Waals surface area contributed by atoms with Crippen molar-refractivity contribution in [2.75, 3.05) is 4.72 Å². The van der Waals surface area contributed by atoms with Gasteiger partial charge in [-0.2, -0.15) is 0 Å². The molecule has 0 aliphatic rings. The Labute approximate surface area is 120 Å². The molecule has 0 bridgehead atoms. The predicted molar refractivity (Wildman–Crippen MR) is 76.8 cm³/mol. The number of hydrogen-bond donors (Lipinski definition) is 1. The summed E-state index contributed by atoms with van der Waals surface area (Å²) in [7, 11) is -4.10. The minimum Gasteiger partial charge on any atom is -0.279 e. The number of benzene rings is 2. The molecular formula is C11H8Cl3NO2S. The van der Waals surface area contributed by atoms with E-state index in [9.17, 15) is 8.42 Å². The summed E-state index contributed by atoms with van der Waals surface area (Å²) < 4.78 is 23.4. The van der Waals surface area contributed by atoms with Gasteiger partial charge in [-0.1, -0.05) is 71.2 Å². The van der Waals surface area contributed by atoms with E-state index >= 15 is 0 Å². The first kappa shape index (κ1) is 13.7. The lowest BCUT2D eigenvalue weighted by Gasteiger charge is -2.15. The first-order valence-electron chi connectivity index (χ1n) is 4.88. The van der Waals surface area contributed by atoms with E-state index in [1.807, 2.05) is 18.2 Å². The second-order valence-corrected chi connectivity index (χ2v) is 8.35. The summed E-state index contributed by atoms with van der Waals surface area (Å²) in [6.45, 7) is 0. The van der Waals surface area contributed by atoms with Crippen molar-refractivity contribution in [1.29, 1.82) is 0 Å². The highest BCUT2D eigenvalue weighted by molar-refractivity contribution is 7.98. The second-order valence-electron chi connectivity index (χ2n) is 3.58. The molecule has 0 amide bonds. The molecule has 0 saturated carbocycles. The Balaban J connectivity index is 2.51. The van der Waals surface area contributed by atoms with Gasteiger partial charge in [0, 0.05) is 5.39 Å². The lowest BCUT2D eigenvalue weighted by Crippen LogP contribution is -2.27. The van der Waals surface area contributed by atoms with Crippen molar-refractivity contribution >= 4 is 61.3 Å². The van der Waals surface area contributed by atoms with Gasteiger partial charge >= 0.3 is 3.12 Å². The fourth-order valence-corrected chi connectivity index (χ4v) is 2.45. The summed E-state index contributed by atoms with van der Waals surface area (Å²) in [4.78, 5) is 0. The molecule has 0 heterocycles. The van der Waals surface area contributed by atoms with Gasteiger partial charge in [0.1, 0.15) is 0 Å². The molecule has 0 radical (unpaired) electrons. The van der Waals surface area contributed by atoms with E-state index in [1.165, 1.54) is 0 Å². The Kier molecular flexibility index (Phi) is 3.65. The summed E-state index contributed by atoms with van der Waals surface area (Å²) in [5, 5.41) is 1.62. The Morgan fingerprint density at radius 3 is 2.22 bits per heavy atom. The number of sulfonamides is 1. The monoisotopic (exact) mass is 323 g/mol. The molecule has 0 atom stereocenters. The molecule has 0 spiro atoms. The van der Waals surface area contributed by atoms with Crippen LogP contribution < -0.4 is 4.72 Å². The van der Waals surface area contributed by atoms with Crippen LogP contribution in [0.3, 0.4) is 0 Å². The van der Waals surface area contributed by atoms with Gasteiger partial charge in [-0.25, -0.2) is 8.42 Å². The third-order valence-electron chi connectivity index (χ3n) is 2.34. The third kappa shape index (κ3) is 2.67. The normalized spacial score (nSPS) is 12.6. The maximum atomic E-state index is 11.8. The number of anilines is 1. The van der Waals surface area contributed by atoms with E-state index in [-0.39, 0.29) is 0 Å². The maximum absolute atomic E-state index is 11.8. The topological polar surface area (TPSA) is 46.2 Å². The van der Waals surface area contributed by atoms with Crippen LogP contribution in [0.25, 0.3) is 10.8 Å². The minimum absolute atomic E-state index is 0.374. The predicted octanol–water partition coefficient (Wildman–Crippen LogP) is 3.91. The van der Waals surface area contributed by atoms with Gasteiger partial charge in [-0.05, 0) is 11.5 Å². The first-order valence-corrected chi connectivity index (χ1v) is 7.50. The zero-order valence-electron chi connectivity index (χ0n) is 8.90. The van der Waals surface area contributed by atoms with Gasteiger partial charge in [-0.15, -0.1) is 0 Å². The van der Waals surface area contributed by atoms with Crippen LogP contribution in [0.15, 0.2) is 42.5 Å². The molecule has 18 heavy (non-hydrogen) atoms. The summed E-state index contributed by atoms with van der Waals surface area (Å²) in [6.07, 6.45) is 0. The van der Waals surface area contributed by atoms with Crippen LogP contribution in [0, 0.1) is 0 Å². The van der Waals surface area contributed by atoms with Crippen LogP contribution in [0.2, 0.25) is 0 Å². The quantitative estimate of drug-likeness (QED) is 0.851. The van der Waals surface area contributed by atoms with Crippen molar-refractivity contribution in [3.63, 3.8) is 0 Å². The van der Waals surface area contributed by atoms with Crippen LogP contribution in [0.1, 0.15) is 0 Å². The van der Waals surface area contributed by atoms with E-state index in [0.29, 0.717) is 5.69 Å². The number of fused-ring (bicyclic) bond motifs is 1. The molecule has 2 rings (SSSR count). The molecule has 96 valence electrons. The van der Waals surface area contributed by atoms with E-state index in [4.69, 9.17) is 34.8 Å². The summed E-state index contributed by atoms with van der Waals surface area (Å²) in [5.41, 5.74) is 0.374. The molecule has 0 unspecified atom stereocenters. The number of hydrogen-bond acceptors (Lipinski definition) is 2. The largest absolute Gasteiger partial charge is 0.311 e. The number of alkyl halides is 3. The van der Waals surface area contributed by atoms with Crippen LogP contribution in [0.4, 0.5) is 5.69 Å². The zero-order chi connectivity index (χ0) is 13.4. The van der Waals surface area contributed by atoms with Gasteiger partial charge in [-0.3, -0.25) is 4.72 Å². The van der Waals surface area contributed by atoms with Crippen molar-refractivity contribution in [2.24, 2.45) is 0 Å². The Morgan fingerprint density at radius 1 is 0.944 bits per heavy atom. The van der Waals surface area contributed by atoms with Crippen molar-refractivity contribution in [3.8, 4) is 0 Å².